The van der Waals surface area contributed by atoms with E-state index in [1.54, 1.807) is 18.7 Å². The maximum atomic E-state index is 13.4. The Bertz CT molecular complexity index is 886. The Morgan fingerprint density at radius 2 is 2.00 bits per heavy atom. The highest BCUT2D eigenvalue weighted by Gasteiger charge is 2.44. The first-order valence-electron chi connectivity index (χ1n) is 9.48. The predicted molar refractivity (Wildman–Crippen MR) is 106 cm³/mol. The first-order valence-corrected chi connectivity index (χ1v) is 9.48. The standard InChI is InChI=1S/C21H26N4O2/c1-21(2)20(27)22-15-8-4-5-9-16(15)25(21)19(26)14-24-13-7-11-18(24)17-10-6-12-23(17)3/h4-6,8-10,12,18H,7,11,13-14H2,1-3H3,(H,22,27)/t18-/m0/s1. The summed E-state index contributed by atoms with van der Waals surface area (Å²) in [5.74, 6) is -0.196. The van der Waals surface area contributed by atoms with Gasteiger partial charge in [0.05, 0.1) is 24.0 Å². The minimum atomic E-state index is -0.925. The Hall–Kier alpha value is -2.60. The van der Waals surface area contributed by atoms with Crippen LogP contribution in [0.5, 0.6) is 0 Å². The average molecular weight is 366 g/mol. The molecule has 0 spiro atoms. The molecule has 1 atom stereocenters. The third-order valence-corrected chi connectivity index (χ3v) is 5.78. The van der Waals surface area contributed by atoms with Crippen LogP contribution in [-0.4, -0.2) is 39.9 Å². The smallest absolute Gasteiger partial charge is 0.250 e. The van der Waals surface area contributed by atoms with Gasteiger partial charge in [0.1, 0.15) is 5.54 Å². The molecule has 0 bridgehead atoms. The molecule has 1 N–H and O–H groups in total. The molecule has 3 heterocycles. The molecule has 4 rings (SSSR count). The van der Waals surface area contributed by atoms with Crippen molar-refractivity contribution in [2.75, 3.05) is 23.3 Å². The van der Waals surface area contributed by atoms with Gasteiger partial charge in [-0.2, -0.15) is 0 Å². The number of fused-ring (bicyclic) bond motifs is 1. The monoisotopic (exact) mass is 366 g/mol. The summed E-state index contributed by atoms with van der Waals surface area (Å²) in [5, 5.41) is 2.92. The number of anilines is 2. The number of carbonyl (C=O) groups is 2. The van der Waals surface area contributed by atoms with Crippen molar-refractivity contribution in [1.29, 1.82) is 0 Å². The highest BCUT2D eigenvalue weighted by Crippen LogP contribution is 2.38. The van der Waals surface area contributed by atoms with Gasteiger partial charge in [0.25, 0.3) is 0 Å². The Morgan fingerprint density at radius 3 is 2.74 bits per heavy atom. The van der Waals surface area contributed by atoms with Crippen LogP contribution < -0.4 is 10.2 Å². The summed E-state index contributed by atoms with van der Waals surface area (Å²) in [7, 11) is 2.04. The van der Waals surface area contributed by atoms with Crippen LogP contribution in [0.25, 0.3) is 0 Å². The van der Waals surface area contributed by atoms with E-state index in [1.807, 2.05) is 43.6 Å². The number of para-hydroxylation sites is 2. The van der Waals surface area contributed by atoms with Gasteiger partial charge >= 0.3 is 0 Å². The van der Waals surface area contributed by atoms with Crippen LogP contribution in [0.15, 0.2) is 42.6 Å². The Morgan fingerprint density at radius 1 is 1.22 bits per heavy atom. The molecule has 6 heteroatoms. The zero-order valence-electron chi connectivity index (χ0n) is 16.1. The lowest BCUT2D eigenvalue weighted by Crippen LogP contribution is -2.60. The number of nitrogens with one attached hydrogen (secondary N) is 1. The summed E-state index contributed by atoms with van der Waals surface area (Å²) in [6.45, 7) is 4.80. The second kappa shape index (κ2) is 6.53. The molecule has 0 unspecified atom stereocenters. The normalized spacial score (nSPS) is 21.8. The lowest BCUT2D eigenvalue weighted by atomic mass is 9.96. The molecule has 27 heavy (non-hydrogen) atoms. The van der Waals surface area contributed by atoms with Crippen LogP contribution >= 0.6 is 0 Å². The summed E-state index contributed by atoms with van der Waals surface area (Å²) >= 11 is 0. The van der Waals surface area contributed by atoms with Crippen molar-refractivity contribution >= 4 is 23.2 Å². The van der Waals surface area contributed by atoms with Crippen LogP contribution in [0, 0.1) is 0 Å². The van der Waals surface area contributed by atoms with E-state index in [2.05, 4.69) is 20.9 Å². The molecule has 2 aliphatic rings. The van der Waals surface area contributed by atoms with Gasteiger partial charge in [-0.3, -0.25) is 19.4 Å². The van der Waals surface area contributed by atoms with Crippen molar-refractivity contribution in [2.45, 2.75) is 38.3 Å². The number of hydrogen-bond donors (Lipinski definition) is 1. The predicted octanol–water partition coefficient (Wildman–Crippen LogP) is 2.93. The molecule has 1 aromatic carbocycles. The Labute approximate surface area is 159 Å². The SMILES string of the molecule is Cn1cccc1[C@@H]1CCCN1CC(=O)N1c2ccccc2NC(=O)C1(C)C. The van der Waals surface area contributed by atoms with Crippen molar-refractivity contribution in [3.63, 3.8) is 0 Å². The van der Waals surface area contributed by atoms with Crippen molar-refractivity contribution in [3.8, 4) is 0 Å². The number of rotatable bonds is 3. The van der Waals surface area contributed by atoms with Crippen LogP contribution in [0.2, 0.25) is 0 Å². The molecular weight excluding hydrogens is 340 g/mol. The topological polar surface area (TPSA) is 57.6 Å². The van der Waals surface area contributed by atoms with Gasteiger partial charge in [0, 0.05) is 18.9 Å². The Balaban J connectivity index is 1.62. The molecule has 142 valence electrons. The lowest BCUT2D eigenvalue weighted by Gasteiger charge is -2.43. The number of aryl methyl sites for hydroxylation is 1. The number of carbonyl (C=O) groups excluding carboxylic acids is 2. The van der Waals surface area contributed by atoms with Crippen LogP contribution in [0.1, 0.15) is 38.4 Å². The molecular formula is C21H26N4O2. The fourth-order valence-electron chi connectivity index (χ4n) is 4.31. The molecule has 2 amide bonds. The molecule has 6 nitrogen and oxygen atoms in total. The van der Waals surface area contributed by atoms with Gasteiger partial charge in [-0.1, -0.05) is 12.1 Å². The van der Waals surface area contributed by atoms with Crippen LogP contribution in [-0.2, 0) is 16.6 Å². The molecule has 1 saturated heterocycles. The maximum Gasteiger partial charge on any atom is 0.250 e. The fourth-order valence-corrected chi connectivity index (χ4v) is 4.31. The maximum absolute atomic E-state index is 13.4. The zero-order chi connectivity index (χ0) is 19.2. The number of aromatic nitrogens is 1. The van der Waals surface area contributed by atoms with E-state index in [4.69, 9.17) is 0 Å². The van der Waals surface area contributed by atoms with Gasteiger partial charge in [-0.15, -0.1) is 0 Å². The fraction of sp³-hybridized carbons (Fsp3) is 0.429. The molecule has 2 aliphatic heterocycles. The third-order valence-electron chi connectivity index (χ3n) is 5.78. The minimum Gasteiger partial charge on any atom is -0.353 e. The quantitative estimate of drug-likeness (QED) is 0.909. The van der Waals surface area contributed by atoms with Gasteiger partial charge < -0.3 is 9.88 Å². The van der Waals surface area contributed by atoms with Crippen molar-refractivity contribution in [3.05, 3.63) is 48.3 Å². The number of likely N-dealkylation sites (tertiary alicyclic amines) is 1. The lowest BCUT2D eigenvalue weighted by molar-refractivity contribution is -0.127. The van der Waals surface area contributed by atoms with Gasteiger partial charge in [-0.05, 0) is 57.5 Å². The first-order chi connectivity index (χ1) is 12.9. The third kappa shape index (κ3) is 2.94. The summed E-state index contributed by atoms with van der Waals surface area (Å²) in [6.07, 6.45) is 4.16. The van der Waals surface area contributed by atoms with E-state index < -0.39 is 5.54 Å². The highest BCUT2D eigenvalue weighted by molar-refractivity contribution is 6.14. The minimum absolute atomic E-state index is 0.0385. The zero-order valence-corrected chi connectivity index (χ0v) is 16.1. The largest absolute Gasteiger partial charge is 0.353 e. The summed E-state index contributed by atoms with van der Waals surface area (Å²) in [6, 6.07) is 11.9. The number of amides is 2. The van der Waals surface area contributed by atoms with Gasteiger partial charge in [0.2, 0.25) is 11.8 Å². The van der Waals surface area contributed by atoms with Crippen molar-refractivity contribution in [2.24, 2.45) is 7.05 Å². The second-order valence-corrected chi connectivity index (χ2v) is 7.93. The number of nitrogens with zero attached hydrogens (tertiary/aromatic N) is 3. The molecule has 0 aliphatic carbocycles. The van der Waals surface area contributed by atoms with E-state index in [0.29, 0.717) is 12.2 Å². The molecule has 2 aromatic rings. The van der Waals surface area contributed by atoms with Crippen LogP contribution in [0.3, 0.4) is 0 Å². The van der Waals surface area contributed by atoms with E-state index in [1.165, 1.54) is 5.69 Å². The molecule has 1 fully saturated rings. The van der Waals surface area contributed by atoms with Gasteiger partial charge in [0.15, 0.2) is 0 Å². The number of hydrogen-bond acceptors (Lipinski definition) is 3. The summed E-state index contributed by atoms with van der Waals surface area (Å²) in [4.78, 5) is 29.9. The van der Waals surface area contributed by atoms with E-state index in [9.17, 15) is 9.59 Å². The van der Waals surface area contributed by atoms with E-state index in [-0.39, 0.29) is 17.9 Å². The average Bonchev–Trinajstić information content (AvgIpc) is 3.24. The van der Waals surface area contributed by atoms with Gasteiger partial charge in [-0.25, -0.2) is 0 Å². The Kier molecular flexibility index (Phi) is 4.30. The number of benzene rings is 1. The molecule has 0 radical (unpaired) electrons. The summed E-state index contributed by atoms with van der Waals surface area (Å²) < 4.78 is 2.13. The van der Waals surface area contributed by atoms with E-state index >= 15 is 0 Å². The van der Waals surface area contributed by atoms with E-state index in [0.717, 1.165) is 25.1 Å². The molecule has 1 aromatic heterocycles. The highest BCUT2D eigenvalue weighted by atomic mass is 16.2. The van der Waals surface area contributed by atoms with Crippen molar-refractivity contribution in [1.82, 2.24) is 9.47 Å². The molecule has 0 saturated carbocycles. The summed E-state index contributed by atoms with van der Waals surface area (Å²) in [5.41, 5.74) is 1.76. The van der Waals surface area contributed by atoms with Crippen molar-refractivity contribution < 1.29 is 9.59 Å². The van der Waals surface area contributed by atoms with Crippen LogP contribution in [0.4, 0.5) is 11.4 Å². The first kappa shape index (κ1) is 17.8. The second-order valence-electron chi connectivity index (χ2n) is 7.93.